The van der Waals surface area contributed by atoms with Crippen molar-refractivity contribution in [1.82, 2.24) is 29.9 Å². The van der Waals surface area contributed by atoms with Gasteiger partial charge in [-0.15, -0.1) is 0 Å². The van der Waals surface area contributed by atoms with Crippen molar-refractivity contribution >= 4 is 0 Å². The molecule has 0 aliphatic heterocycles. The summed E-state index contributed by atoms with van der Waals surface area (Å²) < 4.78 is 0. The number of fused-ring (bicyclic) bond motifs is 9. The van der Waals surface area contributed by atoms with Crippen LogP contribution in [0.4, 0.5) is 0 Å². The number of nitrogens with zero attached hydrogens (tertiary/aromatic N) is 6. The van der Waals surface area contributed by atoms with Crippen molar-refractivity contribution in [2.24, 2.45) is 0 Å². The molecule has 6 fully saturated rings. The number of hydrogen-bond acceptors (Lipinski definition) is 6. The molecule has 9 aliphatic rings. The topological polar surface area (TPSA) is 77.3 Å². The Kier molecular flexibility index (Phi) is 10.3. The Balaban J connectivity index is 0.821. The van der Waals surface area contributed by atoms with Crippen LogP contribution >= 0.6 is 0 Å². The van der Waals surface area contributed by atoms with Gasteiger partial charge in [-0.25, -0.2) is 0 Å². The Morgan fingerprint density at radius 1 is 0.256 bits per heavy atom. The minimum Gasteiger partial charge on any atom is -0.260 e. The monoisotopic (exact) mass is 1110 g/mol. The second-order valence-corrected chi connectivity index (χ2v) is 28.0. The van der Waals surface area contributed by atoms with E-state index in [2.05, 4.69) is 166 Å². The van der Waals surface area contributed by atoms with Gasteiger partial charge in [-0.2, -0.15) is 0 Å². The first kappa shape index (κ1) is 50.0. The third kappa shape index (κ3) is 6.23. The first-order chi connectivity index (χ1) is 42.3. The first-order valence-electron chi connectivity index (χ1n) is 32.6. The molecule has 0 spiro atoms. The Bertz CT molecular complexity index is 4360. The van der Waals surface area contributed by atoms with Gasteiger partial charge in [-0.3, -0.25) is 29.9 Å². The van der Waals surface area contributed by atoms with Crippen LogP contribution in [0.25, 0.3) is 101 Å². The van der Waals surface area contributed by atoms with Crippen LogP contribution in [-0.2, 0) is 32.5 Å². The summed E-state index contributed by atoms with van der Waals surface area (Å²) in [6, 6.07) is 51.8. The van der Waals surface area contributed by atoms with Gasteiger partial charge in [0.15, 0.2) is 0 Å². The Hall–Kier alpha value is -8.22. The van der Waals surface area contributed by atoms with Crippen molar-refractivity contribution in [2.45, 2.75) is 162 Å². The molecule has 6 heteroatoms. The molecule has 19 rings (SSSR count). The molecule has 6 saturated carbocycles. The largest absolute Gasteiger partial charge is 0.260 e. The predicted octanol–water partition coefficient (Wildman–Crippen LogP) is 19.2. The van der Waals surface area contributed by atoms with E-state index in [0.29, 0.717) is 0 Å². The fourth-order valence-electron chi connectivity index (χ4n) is 21.6. The number of rotatable bonds is 6. The Morgan fingerprint density at radius 2 is 0.523 bits per heavy atom. The van der Waals surface area contributed by atoms with E-state index >= 15 is 0 Å². The number of benzene rings is 4. The number of pyridine rings is 6. The normalized spacial score (nSPS) is 27.1. The molecule has 6 nitrogen and oxygen atoms in total. The highest BCUT2D eigenvalue weighted by atomic mass is 14.9. The van der Waals surface area contributed by atoms with Gasteiger partial charge in [-0.1, -0.05) is 99.2 Å². The molecule has 10 aromatic rings. The van der Waals surface area contributed by atoms with Crippen molar-refractivity contribution < 1.29 is 0 Å². The minimum absolute atomic E-state index is 0.0536. The summed E-state index contributed by atoms with van der Waals surface area (Å²) in [5, 5.41) is 0. The molecule has 0 N–H and O–H groups in total. The molecule has 6 heterocycles. The maximum atomic E-state index is 5.56. The maximum Gasteiger partial charge on any atom is 0.0758 e. The smallest absolute Gasteiger partial charge is 0.0758 e. The van der Waals surface area contributed by atoms with Crippen LogP contribution in [-0.4, -0.2) is 29.9 Å². The summed E-state index contributed by atoms with van der Waals surface area (Å²) in [7, 11) is 0. The Morgan fingerprint density at radius 3 is 0.860 bits per heavy atom. The molecule has 0 atom stereocenters. The van der Waals surface area contributed by atoms with Crippen LogP contribution in [0.2, 0.25) is 0 Å². The van der Waals surface area contributed by atoms with E-state index in [1.165, 1.54) is 244 Å². The highest BCUT2D eigenvalue weighted by Crippen LogP contribution is 2.72. The van der Waals surface area contributed by atoms with Crippen LogP contribution in [0.15, 0.2) is 171 Å². The van der Waals surface area contributed by atoms with E-state index < -0.39 is 0 Å². The number of hydrogen-bond donors (Lipinski definition) is 0. The molecular formula is C80H70N6. The molecule has 0 radical (unpaired) electrons. The van der Waals surface area contributed by atoms with Gasteiger partial charge in [0.1, 0.15) is 0 Å². The van der Waals surface area contributed by atoms with Crippen LogP contribution < -0.4 is 0 Å². The molecule has 6 aromatic heterocycles. The van der Waals surface area contributed by atoms with Gasteiger partial charge < -0.3 is 0 Å². The zero-order chi connectivity index (χ0) is 56.8. The molecule has 0 unspecified atom stereocenters. The van der Waals surface area contributed by atoms with Crippen molar-refractivity contribution in [3.05, 3.63) is 216 Å². The average molecular weight is 1120 g/mol. The van der Waals surface area contributed by atoms with Gasteiger partial charge in [0.25, 0.3) is 0 Å². The van der Waals surface area contributed by atoms with Gasteiger partial charge in [0.2, 0.25) is 0 Å². The van der Waals surface area contributed by atoms with Gasteiger partial charge in [0.05, 0.1) is 34.2 Å². The van der Waals surface area contributed by atoms with Gasteiger partial charge >= 0.3 is 0 Å². The zero-order valence-corrected chi connectivity index (χ0v) is 49.6. The van der Waals surface area contributed by atoms with E-state index in [-0.39, 0.29) is 32.5 Å². The number of aromatic nitrogens is 6. The standard InChI is InChI=1S/C80H70N6/c1-49-38-64(65(39-50(49)2)56-45-68-71(86-48-56)63-22-9-37-83-74(63)80-33-14-27-77(68,80)28-15-34-80)53-41-51(57-16-3-5-18-59(57)54-43-66-69(84-46-54)61-20-7-35-81-72(61)78-29-10-23-75(66,78)24-11-30-78)40-52(42-53)58-17-4-6-19-60(58)55-44-67-70(85-47-55)62-21-8-36-82-73(62)79-31-12-25-76(67,79)26-13-32-79/h3-9,16-22,35-48H,10-15,23-34H2,1-2H3. The summed E-state index contributed by atoms with van der Waals surface area (Å²) in [5.41, 5.74) is 32.8. The van der Waals surface area contributed by atoms with Crippen LogP contribution in [0.3, 0.4) is 0 Å². The lowest BCUT2D eigenvalue weighted by Crippen LogP contribution is -2.44. The van der Waals surface area contributed by atoms with Crippen molar-refractivity contribution in [3.63, 3.8) is 0 Å². The highest BCUT2D eigenvalue weighted by molar-refractivity contribution is 5.96. The van der Waals surface area contributed by atoms with Crippen LogP contribution in [0.5, 0.6) is 0 Å². The SMILES string of the molecule is Cc1cc(-c2cc(-c3ccccc3-c3cnc4c(c3)C35CCCC3(CCC5)c3ncccc3-4)cc(-c3ccccc3-c3cnc4c(c3)C35CCCC3(CCC5)c3ncccc3-4)c2)c(-c2cnc3c(c2)C24CCCC2(CCC4)c2ncccc2-3)cc1C. The summed E-state index contributed by atoms with van der Waals surface area (Å²) in [6.45, 7) is 4.57. The van der Waals surface area contributed by atoms with Gasteiger partial charge in [-0.05, 0) is 242 Å². The lowest BCUT2D eigenvalue weighted by Gasteiger charge is -2.46. The predicted molar refractivity (Wildman–Crippen MR) is 345 cm³/mol. The molecular weight excluding hydrogens is 1040 g/mol. The van der Waals surface area contributed by atoms with E-state index in [9.17, 15) is 0 Å². The summed E-state index contributed by atoms with van der Waals surface area (Å²) in [6.07, 6.45) is 34.4. The van der Waals surface area contributed by atoms with E-state index in [1.807, 2.05) is 18.6 Å². The molecule has 0 amide bonds. The van der Waals surface area contributed by atoms with Crippen molar-refractivity contribution in [1.29, 1.82) is 0 Å². The molecule has 0 saturated heterocycles. The summed E-state index contributed by atoms with van der Waals surface area (Å²) in [5.74, 6) is 0. The lowest BCUT2D eigenvalue weighted by atomic mass is 9.57. The van der Waals surface area contributed by atoms with E-state index in [4.69, 9.17) is 29.9 Å². The third-order valence-corrected chi connectivity index (χ3v) is 25.0. The molecule has 86 heavy (non-hydrogen) atoms. The molecule has 4 aromatic carbocycles. The van der Waals surface area contributed by atoms with Gasteiger partial charge in [0, 0.05) is 103 Å². The zero-order valence-electron chi connectivity index (χ0n) is 49.6. The molecule has 0 bridgehead atoms. The fourth-order valence-corrected chi connectivity index (χ4v) is 21.6. The minimum atomic E-state index is 0.0536. The van der Waals surface area contributed by atoms with Crippen molar-refractivity contribution in [2.75, 3.05) is 0 Å². The Labute approximate surface area is 505 Å². The molecule has 420 valence electrons. The average Bonchev–Trinajstić information content (AvgIpc) is 1.49. The fraction of sp³-hybridized carbons (Fsp3) is 0.325. The third-order valence-electron chi connectivity index (χ3n) is 25.0. The second kappa shape index (κ2) is 17.7. The molecule has 9 aliphatic carbocycles. The maximum absolute atomic E-state index is 5.56. The van der Waals surface area contributed by atoms with Crippen molar-refractivity contribution in [3.8, 4) is 101 Å². The van der Waals surface area contributed by atoms with E-state index in [0.717, 1.165) is 17.1 Å². The summed E-state index contributed by atoms with van der Waals surface area (Å²) >= 11 is 0. The highest BCUT2D eigenvalue weighted by Gasteiger charge is 2.66. The second-order valence-electron chi connectivity index (χ2n) is 28.0. The number of aryl methyl sites for hydroxylation is 2. The quantitative estimate of drug-likeness (QED) is 0.165. The van der Waals surface area contributed by atoms with Crippen LogP contribution in [0.1, 0.15) is 160 Å². The van der Waals surface area contributed by atoms with Crippen LogP contribution in [0, 0.1) is 13.8 Å². The van der Waals surface area contributed by atoms with E-state index in [1.54, 1.807) is 0 Å². The lowest BCUT2D eigenvalue weighted by molar-refractivity contribution is 0.290. The first-order valence-corrected chi connectivity index (χ1v) is 32.6. The summed E-state index contributed by atoms with van der Waals surface area (Å²) in [4.78, 5) is 32.2.